The lowest BCUT2D eigenvalue weighted by atomic mass is 9.94. The Morgan fingerprint density at radius 3 is 1.93 bits per heavy atom. The quantitative estimate of drug-likeness (QED) is 0.111. The molecular weight excluding hydrogens is 350 g/mol. The van der Waals surface area contributed by atoms with Crippen LogP contribution in [-0.4, -0.2) is 42.9 Å². The van der Waals surface area contributed by atoms with Crippen molar-refractivity contribution in [3.8, 4) is 0 Å². The maximum absolute atomic E-state index is 12.1. The van der Waals surface area contributed by atoms with E-state index < -0.39 is 23.4 Å². The van der Waals surface area contributed by atoms with Crippen molar-refractivity contribution in [2.75, 3.05) is 13.1 Å². The molecule has 27 heavy (non-hydrogen) atoms. The molecule has 0 aromatic heterocycles. The second-order valence-electron chi connectivity index (χ2n) is 7.63. The van der Waals surface area contributed by atoms with Crippen LogP contribution in [0.25, 0.3) is 0 Å². The number of hydrazine groups is 2. The highest BCUT2D eigenvalue weighted by atomic mass is 16.2. The summed E-state index contributed by atoms with van der Waals surface area (Å²) in [6, 6.07) is -1.16. The van der Waals surface area contributed by atoms with E-state index in [0.29, 0.717) is 38.8 Å². The number of hydrogen-bond donors (Lipinski definition) is 7. The maximum atomic E-state index is 12.1. The van der Waals surface area contributed by atoms with Gasteiger partial charge in [0.25, 0.3) is 0 Å². The van der Waals surface area contributed by atoms with E-state index in [-0.39, 0.29) is 11.8 Å². The molecule has 0 heterocycles. The van der Waals surface area contributed by atoms with E-state index in [1.165, 1.54) is 0 Å². The number of carbonyl (C=O) groups excluding carboxylic acids is 3. The first-order valence-electron chi connectivity index (χ1n) is 9.41. The Morgan fingerprint density at radius 1 is 0.889 bits per heavy atom. The molecule has 0 spiro atoms. The van der Waals surface area contributed by atoms with Crippen LogP contribution in [-0.2, 0) is 14.4 Å². The van der Waals surface area contributed by atoms with E-state index in [4.69, 9.17) is 17.4 Å². The highest BCUT2D eigenvalue weighted by Crippen LogP contribution is 2.13. The van der Waals surface area contributed by atoms with Gasteiger partial charge in [0.2, 0.25) is 17.7 Å². The zero-order valence-electron chi connectivity index (χ0n) is 16.8. The Morgan fingerprint density at radius 2 is 1.44 bits per heavy atom. The van der Waals surface area contributed by atoms with Gasteiger partial charge in [-0.2, -0.15) is 0 Å². The summed E-state index contributed by atoms with van der Waals surface area (Å²) in [6.45, 7) is 6.45. The van der Waals surface area contributed by atoms with Crippen LogP contribution < -0.4 is 38.9 Å². The van der Waals surface area contributed by atoms with Crippen molar-refractivity contribution in [1.82, 2.24) is 21.5 Å². The third-order valence-electron chi connectivity index (χ3n) is 4.13. The number of nitrogens with one attached hydrogen (secondary N) is 4. The van der Waals surface area contributed by atoms with Crippen LogP contribution in [0.4, 0.5) is 0 Å². The first kappa shape index (κ1) is 25.2. The molecule has 10 nitrogen and oxygen atoms in total. The smallest absolute Gasteiger partial charge is 0.239 e. The first-order valence-corrected chi connectivity index (χ1v) is 9.41. The monoisotopic (exact) mass is 387 g/mol. The topological polar surface area (TPSA) is 177 Å². The van der Waals surface area contributed by atoms with Crippen molar-refractivity contribution in [3.63, 3.8) is 0 Å². The summed E-state index contributed by atoms with van der Waals surface area (Å²) in [4.78, 5) is 35.6. The molecule has 0 fully saturated rings. The van der Waals surface area contributed by atoms with Crippen molar-refractivity contribution in [1.29, 1.82) is 0 Å². The van der Waals surface area contributed by atoms with Crippen LogP contribution in [0.3, 0.4) is 0 Å². The molecule has 0 bridgehead atoms. The fourth-order valence-electron chi connectivity index (χ4n) is 2.33. The molecule has 2 atom stereocenters. The summed E-state index contributed by atoms with van der Waals surface area (Å²) in [7, 11) is 0. The van der Waals surface area contributed by atoms with E-state index in [2.05, 4.69) is 21.5 Å². The Bertz CT molecular complexity index is 466. The highest BCUT2D eigenvalue weighted by molar-refractivity contribution is 5.88. The predicted octanol–water partition coefficient (Wildman–Crippen LogP) is -1.25. The number of amides is 3. The van der Waals surface area contributed by atoms with Gasteiger partial charge >= 0.3 is 0 Å². The molecule has 0 aliphatic heterocycles. The normalized spacial score (nSPS) is 13.7. The summed E-state index contributed by atoms with van der Waals surface area (Å²) in [5.74, 6) is 9.69. The summed E-state index contributed by atoms with van der Waals surface area (Å²) in [5, 5.41) is 5.49. The fourth-order valence-corrected chi connectivity index (χ4v) is 2.33. The largest absolute Gasteiger partial charge is 0.368 e. The van der Waals surface area contributed by atoms with Crippen LogP contribution in [0.15, 0.2) is 0 Å². The van der Waals surface area contributed by atoms with Crippen molar-refractivity contribution in [2.45, 2.75) is 71.4 Å². The third kappa shape index (κ3) is 11.5. The van der Waals surface area contributed by atoms with Crippen molar-refractivity contribution in [3.05, 3.63) is 0 Å². The van der Waals surface area contributed by atoms with Crippen molar-refractivity contribution >= 4 is 17.7 Å². The van der Waals surface area contributed by atoms with Crippen LogP contribution in [0.2, 0.25) is 0 Å². The van der Waals surface area contributed by atoms with Crippen LogP contribution in [0, 0.1) is 5.41 Å². The highest BCUT2D eigenvalue weighted by Gasteiger charge is 2.26. The number of primary amides is 1. The minimum atomic E-state index is -0.706. The zero-order valence-corrected chi connectivity index (χ0v) is 16.8. The van der Waals surface area contributed by atoms with Crippen LogP contribution >= 0.6 is 0 Å². The van der Waals surface area contributed by atoms with Gasteiger partial charge in [-0.15, -0.1) is 0 Å². The molecule has 0 saturated heterocycles. The van der Waals surface area contributed by atoms with E-state index >= 15 is 0 Å². The molecule has 0 aromatic carbocycles. The number of nitrogens with two attached hydrogens (primary N) is 3. The zero-order chi connectivity index (χ0) is 20.9. The maximum Gasteiger partial charge on any atom is 0.239 e. The molecule has 0 saturated carbocycles. The molecule has 0 radical (unpaired) electrons. The molecular formula is C17H37N7O3. The predicted molar refractivity (Wildman–Crippen MR) is 105 cm³/mol. The molecule has 158 valence electrons. The molecule has 10 heteroatoms. The number of rotatable bonds is 14. The fraction of sp³-hybridized carbons (Fsp3) is 0.824. The van der Waals surface area contributed by atoms with E-state index in [1.807, 2.05) is 0 Å². The Hall–Kier alpha value is -1.75. The lowest BCUT2D eigenvalue weighted by Crippen LogP contribution is -2.48. The van der Waals surface area contributed by atoms with Gasteiger partial charge in [-0.1, -0.05) is 20.8 Å². The second-order valence-corrected chi connectivity index (χ2v) is 7.63. The lowest BCUT2D eigenvalue weighted by Gasteiger charge is -2.22. The molecule has 0 aromatic rings. The third-order valence-corrected chi connectivity index (χ3v) is 4.13. The molecule has 10 N–H and O–H groups in total. The standard InChI is InChI=1S/C17H37N7O3/c1-17(2,3)16(27)23-12(14(18)25)8-4-6-10-21-15(26)13(24-20)9-5-7-11-22-19/h12-13,22,24H,4-11,19-20H2,1-3H3,(H2,18,25)(H,21,26)(H,23,27). The molecule has 3 amide bonds. The van der Waals surface area contributed by atoms with Gasteiger partial charge in [0.15, 0.2) is 0 Å². The number of unbranched alkanes of at least 4 members (excludes halogenated alkanes) is 2. The summed E-state index contributed by atoms with van der Waals surface area (Å²) >= 11 is 0. The van der Waals surface area contributed by atoms with Crippen molar-refractivity contribution in [2.24, 2.45) is 22.8 Å². The van der Waals surface area contributed by atoms with Crippen LogP contribution in [0.5, 0.6) is 0 Å². The van der Waals surface area contributed by atoms with Crippen molar-refractivity contribution < 1.29 is 14.4 Å². The molecule has 0 aliphatic carbocycles. The number of hydrogen-bond acceptors (Lipinski definition) is 7. The van der Waals surface area contributed by atoms with Gasteiger partial charge < -0.3 is 16.4 Å². The second kappa shape index (κ2) is 13.4. The average molecular weight is 388 g/mol. The summed E-state index contributed by atoms with van der Waals surface area (Å²) in [6.07, 6.45) is 4.03. The SMILES string of the molecule is CC(C)(C)C(=O)NC(CCCCNC(=O)C(CCCCNN)NN)C(N)=O. The van der Waals surface area contributed by atoms with E-state index in [0.717, 1.165) is 12.8 Å². The van der Waals surface area contributed by atoms with Gasteiger partial charge in [0.1, 0.15) is 6.04 Å². The van der Waals surface area contributed by atoms with Gasteiger partial charge in [0.05, 0.1) is 6.04 Å². The van der Waals surface area contributed by atoms with Gasteiger partial charge in [-0.25, -0.2) is 5.43 Å². The Kier molecular flexibility index (Phi) is 12.6. The average Bonchev–Trinajstić information content (AvgIpc) is 2.59. The lowest BCUT2D eigenvalue weighted by molar-refractivity contribution is -0.132. The molecule has 2 unspecified atom stereocenters. The van der Waals surface area contributed by atoms with E-state index in [1.54, 1.807) is 20.8 Å². The summed E-state index contributed by atoms with van der Waals surface area (Å²) < 4.78 is 0. The minimum absolute atomic E-state index is 0.161. The molecule has 0 aliphatic rings. The number of carbonyl (C=O) groups is 3. The minimum Gasteiger partial charge on any atom is -0.368 e. The van der Waals surface area contributed by atoms with E-state index in [9.17, 15) is 14.4 Å². The molecule has 0 rings (SSSR count). The van der Waals surface area contributed by atoms with Gasteiger partial charge in [-0.05, 0) is 38.5 Å². The van der Waals surface area contributed by atoms with Gasteiger partial charge in [-0.3, -0.25) is 31.5 Å². The first-order chi connectivity index (χ1) is 12.6. The Balaban J connectivity index is 4.14. The Labute approximate surface area is 161 Å². The van der Waals surface area contributed by atoms with Gasteiger partial charge in [0, 0.05) is 18.5 Å². The van der Waals surface area contributed by atoms with Crippen LogP contribution in [0.1, 0.15) is 59.3 Å². The summed E-state index contributed by atoms with van der Waals surface area (Å²) in [5.41, 5.74) is 9.85.